The maximum absolute atomic E-state index is 13.9. The Labute approximate surface area is 151 Å². The van der Waals surface area contributed by atoms with Crippen LogP contribution in [-0.4, -0.2) is 20.6 Å². The van der Waals surface area contributed by atoms with Crippen LogP contribution in [0.3, 0.4) is 0 Å². The van der Waals surface area contributed by atoms with E-state index in [0.717, 1.165) is 0 Å². The number of rotatable bonds is 2. The number of phenols is 1. The lowest BCUT2D eigenvalue weighted by molar-refractivity contribution is -0.146. The Morgan fingerprint density at radius 2 is 2.16 bits per heavy atom. The van der Waals surface area contributed by atoms with E-state index in [9.17, 15) is 14.3 Å². The van der Waals surface area contributed by atoms with Crippen LogP contribution in [0.5, 0.6) is 5.75 Å². The number of fused-ring (bicyclic) bond motifs is 3. The van der Waals surface area contributed by atoms with Gasteiger partial charge in [-0.2, -0.15) is 0 Å². The smallest absolute Gasteiger partial charge is 0.303 e. The van der Waals surface area contributed by atoms with E-state index in [4.69, 9.17) is 4.74 Å². The number of halogens is 2. The zero-order valence-corrected chi connectivity index (χ0v) is 14.8. The Hall–Kier alpha value is -2.41. The van der Waals surface area contributed by atoms with Gasteiger partial charge in [0.2, 0.25) is 0 Å². The highest BCUT2D eigenvalue weighted by molar-refractivity contribution is 9.10. The van der Waals surface area contributed by atoms with Crippen LogP contribution in [0.15, 0.2) is 40.9 Å². The summed E-state index contributed by atoms with van der Waals surface area (Å²) in [6.45, 7) is 1.34. The second-order valence-electron chi connectivity index (χ2n) is 6.00. The minimum Gasteiger partial charge on any atom is -0.508 e. The molecule has 0 spiro atoms. The maximum Gasteiger partial charge on any atom is 0.303 e. The van der Waals surface area contributed by atoms with Crippen molar-refractivity contribution in [3.8, 4) is 5.75 Å². The molecule has 0 saturated heterocycles. The Morgan fingerprint density at radius 1 is 1.40 bits per heavy atom. The minimum absolute atomic E-state index is 0.157. The summed E-state index contributed by atoms with van der Waals surface area (Å²) in [7, 11) is 0. The molecule has 5 nitrogen and oxygen atoms in total. The molecule has 2 atom stereocenters. The summed E-state index contributed by atoms with van der Waals surface area (Å²) in [5, 5.41) is 10.3. The molecule has 1 aliphatic rings. The molecule has 4 rings (SSSR count). The van der Waals surface area contributed by atoms with Gasteiger partial charge in [0.05, 0.1) is 21.5 Å². The van der Waals surface area contributed by atoms with Crippen LogP contribution in [0.4, 0.5) is 4.39 Å². The van der Waals surface area contributed by atoms with Crippen molar-refractivity contribution in [3.63, 3.8) is 0 Å². The van der Waals surface area contributed by atoms with Gasteiger partial charge >= 0.3 is 5.97 Å². The van der Waals surface area contributed by atoms with Gasteiger partial charge in [-0.25, -0.2) is 9.37 Å². The van der Waals surface area contributed by atoms with Gasteiger partial charge in [0.1, 0.15) is 11.6 Å². The van der Waals surface area contributed by atoms with Gasteiger partial charge in [-0.1, -0.05) is 18.2 Å². The highest BCUT2D eigenvalue weighted by Crippen LogP contribution is 2.45. The van der Waals surface area contributed by atoms with Gasteiger partial charge in [0, 0.05) is 25.0 Å². The first-order chi connectivity index (χ1) is 12.0. The van der Waals surface area contributed by atoms with Crippen molar-refractivity contribution in [1.82, 2.24) is 9.55 Å². The third-order valence-corrected chi connectivity index (χ3v) is 5.01. The van der Waals surface area contributed by atoms with Gasteiger partial charge in [0.25, 0.3) is 0 Å². The molecule has 2 heterocycles. The molecule has 0 radical (unpaired) electrons. The minimum atomic E-state index is -0.545. The zero-order valence-electron chi connectivity index (χ0n) is 13.2. The normalized spacial score (nSPS) is 19.2. The monoisotopic (exact) mass is 404 g/mol. The SMILES string of the molecule is CC(=O)OC1CC(c2ccccc2O)n2c1nc1cc(F)c(Br)cc12. The van der Waals surface area contributed by atoms with Crippen LogP contribution >= 0.6 is 15.9 Å². The van der Waals surface area contributed by atoms with Crippen molar-refractivity contribution in [3.05, 3.63) is 58.1 Å². The lowest BCUT2D eigenvalue weighted by Gasteiger charge is -2.16. The number of nitrogens with zero attached hydrogens (tertiary/aromatic N) is 2. The molecule has 7 heteroatoms. The van der Waals surface area contributed by atoms with E-state index < -0.39 is 17.9 Å². The molecule has 1 aliphatic heterocycles. The highest BCUT2D eigenvalue weighted by atomic mass is 79.9. The average molecular weight is 405 g/mol. The predicted octanol–water partition coefficient (Wildman–Crippen LogP) is 4.24. The van der Waals surface area contributed by atoms with E-state index >= 15 is 0 Å². The number of para-hydroxylation sites is 1. The summed E-state index contributed by atoms with van der Waals surface area (Å²) < 4.78 is 21.5. The molecule has 0 bridgehead atoms. The predicted molar refractivity (Wildman–Crippen MR) is 92.8 cm³/mol. The van der Waals surface area contributed by atoms with Crippen molar-refractivity contribution >= 4 is 32.9 Å². The number of imidazole rings is 1. The molecule has 0 saturated carbocycles. The third-order valence-electron chi connectivity index (χ3n) is 4.40. The topological polar surface area (TPSA) is 64.3 Å². The van der Waals surface area contributed by atoms with Crippen LogP contribution in [0.1, 0.15) is 36.9 Å². The molecule has 2 aromatic carbocycles. The first-order valence-corrected chi connectivity index (χ1v) is 8.57. The number of ether oxygens (including phenoxy) is 1. The number of carbonyl (C=O) groups is 1. The second-order valence-corrected chi connectivity index (χ2v) is 6.86. The van der Waals surface area contributed by atoms with Crippen LogP contribution in [0, 0.1) is 5.82 Å². The van der Waals surface area contributed by atoms with Gasteiger partial charge < -0.3 is 14.4 Å². The summed E-state index contributed by atoms with van der Waals surface area (Å²) in [6.07, 6.45) is -0.0823. The number of aromatic nitrogens is 2. The van der Waals surface area contributed by atoms with Crippen LogP contribution in [0.25, 0.3) is 11.0 Å². The molecular formula is C18H14BrFN2O3. The van der Waals surface area contributed by atoms with Crippen molar-refractivity contribution in [2.24, 2.45) is 0 Å². The molecule has 1 aromatic heterocycles. The molecular weight excluding hydrogens is 391 g/mol. The van der Waals surface area contributed by atoms with Crippen LogP contribution < -0.4 is 0 Å². The molecule has 0 aliphatic carbocycles. The largest absolute Gasteiger partial charge is 0.508 e. The van der Waals surface area contributed by atoms with E-state index in [2.05, 4.69) is 20.9 Å². The summed E-state index contributed by atoms with van der Waals surface area (Å²) >= 11 is 3.20. The molecule has 0 amide bonds. The lowest BCUT2D eigenvalue weighted by atomic mass is 10.0. The van der Waals surface area contributed by atoms with Gasteiger partial charge in [-0.3, -0.25) is 4.79 Å². The Bertz CT molecular complexity index is 1000. The summed E-state index contributed by atoms with van der Waals surface area (Å²) in [5.41, 5.74) is 1.90. The number of hydrogen-bond donors (Lipinski definition) is 1. The molecule has 2 unspecified atom stereocenters. The first kappa shape index (κ1) is 16.1. The number of benzene rings is 2. The van der Waals surface area contributed by atoms with E-state index in [0.29, 0.717) is 33.3 Å². The van der Waals surface area contributed by atoms with Gasteiger partial charge in [0.15, 0.2) is 11.9 Å². The van der Waals surface area contributed by atoms with Crippen LogP contribution in [0.2, 0.25) is 0 Å². The first-order valence-electron chi connectivity index (χ1n) is 7.77. The number of phenolic OH excluding ortho intramolecular Hbond substituents is 1. The number of aromatic hydroxyl groups is 1. The Morgan fingerprint density at radius 3 is 2.88 bits per heavy atom. The van der Waals surface area contributed by atoms with Crippen molar-refractivity contribution in [2.75, 3.05) is 0 Å². The van der Waals surface area contributed by atoms with E-state index in [1.165, 1.54) is 13.0 Å². The van der Waals surface area contributed by atoms with Crippen molar-refractivity contribution in [1.29, 1.82) is 0 Å². The van der Waals surface area contributed by atoms with Crippen LogP contribution in [-0.2, 0) is 9.53 Å². The Balaban J connectivity index is 1.94. The van der Waals surface area contributed by atoms with Gasteiger partial charge in [-0.15, -0.1) is 0 Å². The standard InChI is InChI=1S/C18H14BrFN2O3/c1-9(23)25-17-8-14(10-4-2-3-5-16(10)24)22-15-6-11(19)12(20)7-13(15)21-18(17)22/h2-7,14,17,24H,8H2,1H3. The molecule has 25 heavy (non-hydrogen) atoms. The number of hydrogen-bond acceptors (Lipinski definition) is 4. The quantitative estimate of drug-likeness (QED) is 0.648. The molecule has 3 aromatic rings. The van der Waals surface area contributed by atoms with Crippen molar-refractivity contribution < 1.29 is 19.0 Å². The Kier molecular flexibility index (Phi) is 3.76. The third kappa shape index (κ3) is 2.59. The number of carbonyl (C=O) groups excluding carboxylic acids is 1. The maximum atomic E-state index is 13.9. The van der Waals surface area contributed by atoms with E-state index in [-0.39, 0.29) is 11.8 Å². The van der Waals surface area contributed by atoms with E-state index in [1.54, 1.807) is 18.2 Å². The molecule has 1 N–H and O–H groups in total. The lowest BCUT2D eigenvalue weighted by Crippen LogP contribution is -2.07. The average Bonchev–Trinajstić information content (AvgIpc) is 3.06. The fourth-order valence-electron chi connectivity index (χ4n) is 3.41. The fraction of sp³-hybridized carbons (Fsp3) is 0.222. The summed E-state index contributed by atoms with van der Waals surface area (Å²) in [5.74, 6) is -0.109. The highest BCUT2D eigenvalue weighted by Gasteiger charge is 2.38. The second kappa shape index (κ2) is 5.84. The summed E-state index contributed by atoms with van der Waals surface area (Å²) in [4.78, 5) is 15.9. The van der Waals surface area contributed by atoms with E-state index in [1.807, 2.05) is 16.7 Å². The zero-order chi connectivity index (χ0) is 17.7. The fourth-order valence-corrected chi connectivity index (χ4v) is 3.75. The van der Waals surface area contributed by atoms with Crippen molar-refractivity contribution in [2.45, 2.75) is 25.5 Å². The summed E-state index contributed by atoms with van der Waals surface area (Å²) in [6, 6.07) is 9.76. The molecule has 0 fully saturated rings. The molecule has 128 valence electrons. The number of esters is 1. The van der Waals surface area contributed by atoms with Gasteiger partial charge in [-0.05, 0) is 28.1 Å².